The van der Waals surface area contributed by atoms with Crippen molar-refractivity contribution in [2.75, 3.05) is 26.2 Å². The third kappa shape index (κ3) is 4.29. The van der Waals surface area contributed by atoms with E-state index in [0.29, 0.717) is 17.9 Å². The molecule has 0 radical (unpaired) electrons. The fourth-order valence-electron chi connectivity index (χ4n) is 5.89. The standard InChI is InChI=1S/C21H35N3O2.ClH/c25-19(23-18-7-2-1-3-8-18)16-9-12-24(13-10-16)20(26)21-11-5-4-6-17(21)14-22-15-21;/h16-18,22H,1-15H2,(H,23,25);1H/t17-,21+;/m0./s1. The van der Waals surface area contributed by atoms with Gasteiger partial charge in [0, 0.05) is 31.6 Å². The van der Waals surface area contributed by atoms with Crippen LogP contribution in [0.25, 0.3) is 0 Å². The molecule has 0 aromatic carbocycles. The summed E-state index contributed by atoms with van der Waals surface area (Å²) in [4.78, 5) is 28.0. The quantitative estimate of drug-likeness (QED) is 0.769. The predicted molar refractivity (Wildman–Crippen MR) is 109 cm³/mol. The van der Waals surface area contributed by atoms with Gasteiger partial charge >= 0.3 is 0 Å². The van der Waals surface area contributed by atoms with Gasteiger partial charge in [-0.3, -0.25) is 9.59 Å². The second kappa shape index (κ2) is 9.13. The number of likely N-dealkylation sites (tertiary alicyclic amines) is 1. The summed E-state index contributed by atoms with van der Waals surface area (Å²) < 4.78 is 0. The van der Waals surface area contributed by atoms with Gasteiger partial charge in [-0.05, 0) is 51.0 Å². The molecule has 0 unspecified atom stereocenters. The Bertz CT molecular complexity index is 530. The fourth-order valence-corrected chi connectivity index (χ4v) is 5.89. The summed E-state index contributed by atoms with van der Waals surface area (Å²) in [5.74, 6) is 1.23. The van der Waals surface area contributed by atoms with Gasteiger partial charge in [0.15, 0.2) is 0 Å². The monoisotopic (exact) mass is 397 g/mol. The fraction of sp³-hybridized carbons (Fsp3) is 0.905. The lowest BCUT2D eigenvalue weighted by Gasteiger charge is -2.43. The molecule has 2 saturated heterocycles. The molecule has 2 atom stereocenters. The maximum Gasteiger partial charge on any atom is 0.230 e. The number of halogens is 1. The van der Waals surface area contributed by atoms with E-state index in [2.05, 4.69) is 15.5 Å². The Morgan fingerprint density at radius 1 is 0.926 bits per heavy atom. The number of amides is 2. The Hall–Kier alpha value is -0.810. The van der Waals surface area contributed by atoms with Crippen LogP contribution >= 0.6 is 12.4 Å². The van der Waals surface area contributed by atoms with Crippen molar-refractivity contribution in [3.8, 4) is 0 Å². The van der Waals surface area contributed by atoms with Gasteiger partial charge in [-0.15, -0.1) is 12.4 Å². The molecule has 0 bridgehead atoms. The lowest BCUT2D eigenvalue weighted by Crippen LogP contribution is -2.53. The van der Waals surface area contributed by atoms with Crippen molar-refractivity contribution in [2.45, 2.75) is 76.7 Å². The van der Waals surface area contributed by atoms with Crippen LogP contribution in [0.4, 0.5) is 0 Å². The molecule has 154 valence electrons. The summed E-state index contributed by atoms with van der Waals surface area (Å²) in [5.41, 5.74) is -0.143. The minimum Gasteiger partial charge on any atom is -0.353 e. The number of carbonyl (C=O) groups excluding carboxylic acids is 2. The number of piperidine rings is 1. The van der Waals surface area contributed by atoms with E-state index in [1.165, 1.54) is 38.5 Å². The van der Waals surface area contributed by atoms with Crippen molar-refractivity contribution in [2.24, 2.45) is 17.3 Å². The van der Waals surface area contributed by atoms with E-state index in [-0.39, 0.29) is 29.6 Å². The lowest BCUT2D eigenvalue weighted by atomic mass is 9.67. The number of nitrogens with one attached hydrogen (secondary N) is 2. The van der Waals surface area contributed by atoms with Crippen molar-refractivity contribution in [3.63, 3.8) is 0 Å². The molecular weight excluding hydrogens is 362 g/mol. The van der Waals surface area contributed by atoms with E-state index in [1.807, 2.05) is 0 Å². The Labute approximate surface area is 169 Å². The van der Waals surface area contributed by atoms with E-state index < -0.39 is 0 Å². The second-order valence-electron chi connectivity index (χ2n) is 9.14. The third-order valence-electron chi connectivity index (χ3n) is 7.57. The number of carbonyl (C=O) groups is 2. The Morgan fingerprint density at radius 2 is 1.63 bits per heavy atom. The van der Waals surface area contributed by atoms with E-state index >= 15 is 0 Å². The first-order valence-corrected chi connectivity index (χ1v) is 11.0. The van der Waals surface area contributed by atoms with Gasteiger partial charge in [0.2, 0.25) is 11.8 Å². The highest BCUT2D eigenvalue weighted by Crippen LogP contribution is 2.45. The average Bonchev–Trinajstić information content (AvgIpc) is 3.13. The van der Waals surface area contributed by atoms with Gasteiger partial charge in [-0.25, -0.2) is 0 Å². The average molecular weight is 398 g/mol. The maximum atomic E-state index is 13.3. The van der Waals surface area contributed by atoms with Gasteiger partial charge in [0.1, 0.15) is 0 Å². The van der Waals surface area contributed by atoms with E-state index in [4.69, 9.17) is 0 Å². The minimum absolute atomic E-state index is 0. The first-order valence-electron chi connectivity index (χ1n) is 11.0. The van der Waals surface area contributed by atoms with Crippen molar-refractivity contribution in [1.82, 2.24) is 15.5 Å². The topological polar surface area (TPSA) is 61.4 Å². The van der Waals surface area contributed by atoms with Gasteiger partial charge in [0.05, 0.1) is 5.41 Å². The van der Waals surface area contributed by atoms with Crippen molar-refractivity contribution < 1.29 is 9.59 Å². The highest BCUT2D eigenvalue weighted by molar-refractivity contribution is 5.85. The van der Waals surface area contributed by atoms with Gasteiger partial charge in [-0.1, -0.05) is 32.1 Å². The molecule has 5 nitrogen and oxygen atoms in total. The maximum absolute atomic E-state index is 13.3. The highest BCUT2D eigenvalue weighted by atomic mass is 35.5. The first-order chi connectivity index (χ1) is 12.7. The molecule has 4 fully saturated rings. The van der Waals surface area contributed by atoms with Crippen LogP contribution in [-0.4, -0.2) is 48.9 Å². The predicted octanol–water partition coefficient (Wildman–Crippen LogP) is 2.88. The van der Waals surface area contributed by atoms with Gasteiger partial charge in [0.25, 0.3) is 0 Å². The molecule has 4 aliphatic rings. The Balaban J connectivity index is 0.00000210. The summed E-state index contributed by atoms with van der Waals surface area (Å²) in [6.45, 7) is 3.39. The normalized spacial score (nSPS) is 32.4. The van der Waals surface area contributed by atoms with E-state index in [0.717, 1.165) is 58.3 Å². The summed E-state index contributed by atoms with van der Waals surface area (Å²) >= 11 is 0. The SMILES string of the molecule is Cl.O=C(NC1CCCCC1)C1CCN(C(=O)[C@@]23CCCC[C@H]2CNC3)CC1. The largest absolute Gasteiger partial charge is 0.353 e. The van der Waals surface area contributed by atoms with Crippen LogP contribution in [0.2, 0.25) is 0 Å². The summed E-state index contributed by atoms with van der Waals surface area (Å²) in [7, 11) is 0. The van der Waals surface area contributed by atoms with Crippen LogP contribution in [0, 0.1) is 17.3 Å². The molecule has 4 rings (SSSR count). The number of hydrogen-bond acceptors (Lipinski definition) is 3. The molecule has 0 aromatic heterocycles. The van der Waals surface area contributed by atoms with Crippen LogP contribution in [0.5, 0.6) is 0 Å². The molecule has 2 amide bonds. The Kier molecular flexibility index (Phi) is 7.07. The highest BCUT2D eigenvalue weighted by Gasteiger charge is 2.51. The van der Waals surface area contributed by atoms with Crippen LogP contribution in [0.15, 0.2) is 0 Å². The molecular formula is C21H36ClN3O2. The number of nitrogens with zero attached hydrogens (tertiary/aromatic N) is 1. The number of hydrogen-bond donors (Lipinski definition) is 2. The molecule has 2 aliphatic carbocycles. The third-order valence-corrected chi connectivity index (χ3v) is 7.57. The zero-order valence-corrected chi connectivity index (χ0v) is 17.3. The molecule has 6 heteroatoms. The van der Waals surface area contributed by atoms with Crippen LogP contribution in [0.1, 0.15) is 70.6 Å². The van der Waals surface area contributed by atoms with E-state index in [9.17, 15) is 9.59 Å². The zero-order valence-electron chi connectivity index (χ0n) is 16.5. The van der Waals surface area contributed by atoms with Crippen molar-refractivity contribution >= 4 is 24.2 Å². The molecule has 27 heavy (non-hydrogen) atoms. The summed E-state index contributed by atoms with van der Waals surface area (Å²) in [6, 6.07) is 0.391. The smallest absolute Gasteiger partial charge is 0.230 e. The second-order valence-corrected chi connectivity index (χ2v) is 9.14. The first kappa shape index (κ1) is 20.9. The molecule has 0 aromatic rings. The summed E-state index contributed by atoms with van der Waals surface area (Å²) in [6.07, 6.45) is 12.4. The molecule has 2 saturated carbocycles. The van der Waals surface area contributed by atoms with Crippen LogP contribution in [0.3, 0.4) is 0 Å². The lowest BCUT2D eigenvalue weighted by molar-refractivity contribution is -0.148. The van der Waals surface area contributed by atoms with E-state index in [1.54, 1.807) is 0 Å². The molecule has 2 heterocycles. The minimum atomic E-state index is -0.143. The van der Waals surface area contributed by atoms with Crippen molar-refractivity contribution in [3.05, 3.63) is 0 Å². The molecule has 0 spiro atoms. The summed E-state index contributed by atoms with van der Waals surface area (Å²) in [5, 5.41) is 6.77. The zero-order chi connectivity index (χ0) is 18.0. The van der Waals surface area contributed by atoms with Crippen molar-refractivity contribution in [1.29, 1.82) is 0 Å². The Morgan fingerprint density at radius 3 is 2.37 bits per heavy atom. The van der Waals surface area contributed by atoms with Crippen LogP contribution < -0.4 is 10.6 Å². The molecule has 2 N–H and O–H groups in total. The van der Waals surface area contributed by atoms with Crippen LogP contribution in [-0.2, 0) is 9.59 Å². The van der Waals surface area contributed by atoms with Gasteiger partial charge in [-0.2, -0.15) is 0 Å². The van der Waals surface area contributed by atoms with Gasteiger partial charge < -0.3 is 15.5 Å². The molecule has 2 aliphatic heterocycles. The number of fused-ring (bicyclic) bond motifs is 1. The number of rotatable bonds is 3.